The SMILES string of the molecule is CCOC(=O)C1(N)CCCC1CCN1CCCC(C)(C)C1. The Bertz CT molecular complexity index is 370. The van der Waals surface area contributed by atoms with Crippen molar-refractivity contribution < 1.29 is 9.53 Å². The minimum atomic E-state index is -0.735. The number of carbonyl (C=O) groups is 1. The van der Waals surface area contributed by atoms with Crippen molar-refractivity contribution >= 4 is 5.97 Å². The van der Waals surface area contributed by atoms with Gasteiger partial charge >= 0.3 is 5.97 Å². The van der Waals surface area contributed by atoms with E-state index < -0.39 is 5.54 Å². The third kappa shape index (κ3) is 3.98. The Hall–Kier alpha value is -0.610. The van der Waals surface area contributed by atoms with E-state index in [4.69, 9.17) is 10.5 Å². The first-order valence-electron chi connectivity index (χ1n) is 8.56. The Morgan fingerprint density at radius 3 is 2.76 bits per heavy atom. The largest absolute Gasteiger partial charge is 0.465 e. The number of hydrogen-bond donors (Lipinski definition) is 1. The molecule has 1 aliphatic carbocycles. The molecule has 2 rings (SSSR count). The maximum Gasteiger partial charge on any atom is 0.326 e. The number of rotatable bonds is 5. The molecule has 2 aliphatic rings. The van der Waals surface area contributed by atoms with Gasteiger partial charge in [-0.1, -0.05) is 20.3 Å². The van der Waals surface area contributed by atoms with E-state index in [2.05, 4.69) is 18.7 Å². The van der Waals surface area contributed by atoms with Crippen molar-refractivity contribution in [2.75, 3.05) is 26.2 Å². The fraction of sp³-hybridized carbons (Fsp3) is 0.941. The monoisotopic (exact) mass is 296 g/mol. The van der Waals surface area contributed by atoms with Crippen LogP contribution >= 0.6 is 0 Å². The zero-order chi connectivity index (χ0) is 15.5. The molecule has 0 aromatic carbocycles. The van der Waals surface area contributed by atoms with E-state index in [1.807, 2.05) is 6.92 Å². The van der Waals surface area contributed by atoms with E-state index in [9.17, 15) is 4.79 Å². The van der Waals surface area contributed by atoms with Crippen molar-refractivity contribution in [3.63, 3.8) is 0 Å². The average molecular weight is 296 g/mol. The second kappa shape index (κ2) is 6.66. The fourth-order valence-electron chi connectivity index (χ4n) is 4.11. The quantitative estimate of drug-likeness (QED) is 0.792. The molecule has 0 radical (unpaired) electrons. The molecule has 0 spiro atoms. The maximum absolute atomic E-state index is 12.2. The van der Waals surface area contributed by atoms with Gasteiger partial charge in [0, 0.05) is 6.54 Å². The lowest BCUT2D eigenvalue weighted by molar-refractivity contribution is -0.151. The molecular weight excluding hydrogens is 264 g/mol. The van der Waals surface area contributed by atoms with Crippen molar-refractivity contribution in [3.8, 4) is 0 Å². The van der Waals surface area contributed by atoms with Crippen molar-refractivity contribution in [2.45, 2.75) is 64.8 Å². The second-order valence-corrected chi connectivity index (χ2v) is 7.68. The minimum absolute atomic E-state index is 0.188. The van der Waals surface area contributed by atoms with Gasteiger partial charge < -0.3 is 15.4 Å². The molecule has 21 heavy (non-hydrogen) atoms. The highest BCUT2D eigenvalue weighted by Crippen LogP contribution is 2.38. The number of esters is 1. The molecule has 122 valence electrons. The molecule has 0 bridgehead atoms. The summed E-state index contributed by atoms with van der Waals surface area (Å²) in [6.07, 6.45) is 6.51. The topological polar surface area (TPSA) is 55.6 Å². The highest BCUT2D eigenvalue weighted by atomic mass is 16.5. The molecule has 1 saturated carbocycles. The number of nitrogens with two attached hydrogens (primary N) is 1. The van der Waals surface area contributed by atoms with Crippen LogP contribution in [0, 0.1) is 11.3 Å². The van der Waals surface area contributed by atoms with Gasteiger partial charge in [0.25, 0.3) is 0 Å². The molecule has 1 aliphatic heterocycles. The van der Waals surface area contributed by atoms with Gasteiger partial charge in [-0.2, -0.15) is 0 Å². The van der Waals surface area contributed by atoms with Gasteiger partial charge in [-0.15, -0.1) is 0 Å². The molecule has 0 amide bonds. The first-order valence-corrected chi connectivity index (χ1v) is 8.56. The van der Waals surface area contributed by atoms with Crippen LogP contribution in [0.25, 0.3) is 0 Å². The highest BCUT2D eigenvalue weighted by Gasteiger charge is 2.46. The van der Waals surface area contributed by atoms with Crippen LogP contribution in [0.1, 0.15) is 59.3 Å². The summed E-state index contributed by atoms with van der Waals surface area (Å²) in [5, 5.41) is 0. The van der Waals surface area contributed by atoms with E-state index in [0.717, 1.165) is 38.8 Å². The van der Waals surface area contributed by atoms with E-state index in [-0.39, 0.29) is 11.9 Å². The second-order valence-electron chi connectivity index (χ2n) is 7.68. The third-order valence-corrected chi connectivity index (χ3v) is 5.30. The summed E-state index contributed by atoms with van der Waals surface area (Å²) in [6, 6.07) is 0. The minimum Gasteiger partial charge on any atom is -0.465 e. The van der Waals surface area contributed by atoms with E-state index in [0.29, 0.717) is 12.0 Å². The van der Waals surface area contributed by atoms with Crippen LogP contribution in [0.5, 0.6) is 0 Å². The molecule has 4 nitrogen and oxygen atoms in total. The Morgan fingerprint density at radius 1 is 1.33 bits per heavy atom. The van der Waals surface area contributed by atoms with E-state index in [1.54, 1.807) is 0 Å². The lowest BCUT2D eigenvalue weighted by Gasteiger charge is -2.39. The van der Waals surface area contributed by atoms with Crippen molar-refractivity contribution in [1.82, 2.24) is 4.90 Å². The molecule has 2 unspecified atom stereocenters. The lowest BCUT2D eigenvalue weighted by Crippen LogP contribution is -2.53. The number of likely N-dealkylation sites (tertiary alicyclic amines) is 1. The summed E-state index contributed by atoms with van der Waals surface area (Å²) in [4.78, 5) is 14.7. The van der Waals surface area contributed by atoms with Gasteiger partial charge in [0.1, 0.15) is 5.54 Å². The van der Waals surface area contributed by atoms with Crippen LogP contribution in [0.4, 0.5) is 0 Å². The summed E-state index contributed by atoms with van der Waals surface area (Å²) < 4.78 is 5.21. The van der Waals surface area contributed by atoms with Crippen LogP contribution in [0.2, 0.25) is 0 Å². The molecular formula is C17H32N2O2. The van der Waals surface area contributed by atoms with Crippen molar-refractivity contribution in [1.29, 1.82) is 0 Å². The molecule has 0 aromatic heterocycles. The first kappa shape index (κ1) is 16.8. The van der Waals surface area contributed by atoms with Gasteiger partial charge in [-0.05, 0) is 63.5 Å². The van der Waals surface area contributed by atoms with Gasteiger partial charge in [-0.3, -0.25) is 4.79 Å². The zero-order valence-corrected chi connectivity index (χ0v) is 14.0. The summed E-state index contributed by atoms with van der Waals surface area (Å²) in [5.74, 6) is 0.0908. The number of ether oxygens (including phenoxy) is 1. The molecule has 4 heteroatoms. The smallest absolute Gasteiger partial charge is 0.326 e. The van der Waals surface area contributed by atoms with Gasteiger partial charge in [0.05, 0.1) is 6.61 Å². The molecule has 2 atom stereocenters. The van der Waals surface area contributed by atoms with Crippen LogP contribution in [0.15, 0.2) is 0 Å². The first-order chi connectivity index (χ1) is 9.87. The van der Waals surface area contributed by atoms with E-state index in [1.165, 1.54) is 19.4 Å². The van der Waals surface area contributed by atoms with Gasteiger partial charge in [0.15, 0.2) is 0 Å². The van der Waals surface area contributed by atoms with Crippen LogP contribution in [-0.4, -0.2) is 42.6 Å². The summed E-state index contributed by atoms with van der Waals surface area (Å²) in [5.41, 5.74) is 6.10. The van der Waals surface area contributed by atoms with Gasteiger partial charge in [-0.25, -0.2) is 0 Å². The molecule has 2 N–H and O–H groups in total. The third-order valence-electron chi connectivity index (χ3n) is 5.30. The predicted molar refractivity (Wildman–Crippen MR) is 85.0 cm³/mol. The highest BCUT2D eigenvalue weighted by molar-refractivity contribution is 5.81. The lowest BCUT2D eigenvalue weighted by atomic mass is 9.82. The van der Waals surface area contributed by atoms with Crippen molar-refractivity contribution in [3.05, 3.63) is 0 Å². The number of carbonyl (C=O) groups excluding carboxylic acids is 1. The van der Waals surface area contributed by atoms with Crippen LogP contribution in [-0.2, 0) is 9.53 Å². The standard InChI is InChI=1S/C17H32N2O2/c1-4-21-15(20)17(18)10-5-7-14(17)8-12-19-11-6-9-16(2,3)13-19/h14H,4-13,18H2,1-3H3. The molecule has 2 fully saturated rings. The molecule has 1 heterocycles. The summed E-state index contributed by atoms with van der Waals surface area (Å²) in [6.45, 7) is 10.4. The fourth-order valence-corrected chi connectivity index (χ4v) is 4.11. The zero-order valence-electron chi connectivity index (χ0n) is 14.0. The molecule has 0 aromatic rings. The van der Waals surface area contributed by atoms with Gasteiger partial charge in [0.2, 0.25) is 0 Å². The number of piperidine rings is 1. The molecule has 1 saturated heterocycles. The van der Waals surface area contributed by atoms with Crippen molar-refractivity contribution in [2.24, 2.45) is 17.1 Å². The summed E-state index contributed by atoms with van der Waals surface area (Å²) >= 11 is 0. The Balaban J connectivity index is 1.88. The Labute approximate surface area is 129 Å². The number of hydrogen-bond acceptors (Lipinski definition) is 4. The summed E-state index contributed by atoms with van der Waals surface area (Å²) in [7, 11) is 0. The normalized spacial score (nSPS) is 33.0. The average Bonchev–Trinajstić information content (AvgIpc) is 2.78. The van der Waals surface area contributed by atoms with Crippen LogP contribution < -0.4 is 5.73 Å². The van der Waals surface area contributed by atoms with E-state index >= 15 is 0 Å². The van der Waals surface area contributed by atoms with Crippen LogP contribution in [0.3, 0.4) is 0 Å². The maximum atomic E-state index is 12.2. The predicted octanol–water partition coefficient (Wildman–Crippen LogP) is 2.56. The Morgan fingerprint density at radius 2 is 2.10 bits per heavy atom. The Kier molecular flexibility index (Phi) is 5.31. The number of nitrogens with zero attached hydrogens (tertiary/aromatic N) is 1.